The molecule has 1 fully saturated rings. The molecule has 2 heterocycles. The van der Waals surface area contributed by atoms with Crippen molar-refractivity contribution in [3.05, 3.63) is 41.7 Å². The van der Waals surface area contributed by atoms with Crippen molar-refractivity contribution in [2.45, 2.75) is 18.7 Å². The lowest BCUT2D eigenvalue weighted by molar-refractivity contribution is 0.184. The third-order valence-electron chi connectivity index (χ3n) is 4.39. The highest BCUT2D eigenvalue weighted by Crippen LogP contribution is 2.20. The van der Waals surface area contributed by atoms with Crippen molar-refractivity contribution in [3.8, 4) is 0 Å². The number of anilines is 1. The van der Waals surface area contributed by atoms with Gasteiger partial charge in [-0.1, -0.05) is 6.07 Å². The molecule has 0 saturated carbocycles. The first-order chi connectivity index (χ1) is 11.9. The first-order valence-electron chi connectivity index (χ1n) is 8.00. The smallest absolute Gasteiger partial charge is 0.322 e. The van der Waals surface area contributed by atoms with Gasteiger partial charge in [0.25, 0.3) is 0 Å². The van der Waals surface area contributed by atoms with Gasteiger partial charge < -0.3 is 10.2 Å². The Morgan fingerprint density at radius 3 is 2.48 bits per heavy atom. The number of nitrogens with one attached hydrogen (secondary N) is 2. The predicted molar refractivity (Wildman–Crippen MR) is 93.9 cm³/mol. The number of hydrogen-bond donors (Lipinski definition) is 2. The van der Waals surface area contributed by atoms with Gasteiger partial charge in [-0.25, -0.2) is 13.2 Å². The molecule has 2 amide bonds. The van der Waals surface area contributed by atoms with Crippen molar-refractivity contribution in [3.63, 3.8) is 0 Å². The Kier molecular flexibility index (Phi) is 4.78. The molecule has 0 unspecified atom stereocenters. The van der Waals surface area contributed by atoms with Crippen LogP contribution in [0.3, 0.4) is 0 Å². The van der Waals surface area contributed by atoms with E-state index in [-0.39, 0.29) is 19.1 Å². The summed E-state index contributed by atoms with van der Waals surface area (Å²) in [5.74, 6) is 0. The molecule has 2 N–H and O–H groups in total. The molecule has 2 aromatic rings. The molecular weight excluding hydrogens is 342 g/mol. The van der Waals surface area contributed by atoms with E-state index in [9.17, 15) is 13.2 Å². The lowest BCUT2D eigenvalue weighted by atomic mass is 10.1. The average Bonchev–Trinajstić information content (AvgIpc) is 3.10. The van der Waals surface area contributed by atoms with Crippen LogP contribution in [-0.4, -0.2) is 60.0 Å². The summed E-state index contributed by atoms with van der Waals surface area (Å²) in [6.07, 6.45) is 3.09. The summed E-state index contributed by atoms with van der Waals surface area (Å²) >= 11 is 0. The number of H-pyrrole nitrogens is 1. The summed E-state index contributed by atoms with van der Waals surface area (Å²) in [5.41, 5.74) is 2.58. The number of hydrogen-bond acceptors (Lipinski definition) is 4. The number of benzene rings is 1. The zero-order valence-electron chi connectivity index (χ0n) is 14.2. The lowest BCUT2D eigenvalue weighted by Crippen LogP contribution is -2.51. The van der Waals surface area contributed by atoms with Gasteiger partial charge in [-0.2, -0.15) is 9.40 Å². The Morgan fingerprint density at radius 2 is 1.88 bits per heavy atom. The van der Waals surface area contributed by atoms with E-state index in [2.05, 4.69) is 15.5 Å². The van der Waals surface area contributed by atoms with Crippen molar-refractivity contribution < 1.29 is 13.2 Å². The van der Waals surface area contributed by atoms with Crippen molar-refractivity contribution in [2.24, 2.45) is 0 Å². The Hall–Kier alpha value is -2.39. The number of sulfonamides is 1. The molecule has 0 aliphatic carbocycles. The van der Waals surface area contributed by atoms with Crippen molar-refractivity contribution in [1.82, 2.24) is 19.4 Å². The summed E-state index contributed by atoms with van der Waals surface area (Å²) in [7, 11) is -3.54. The van der Waals surface area contributed by atoms with E-state index in [1.165, 1.54) is 10.5 Å². The molecule has 1 saturated heterocycles. The summed E-state index contributed by atoms with van der Waals surface area (Å²) in [6.45, 7) is 5.07. The van der Waals surface area contributed by atoms with Gasteiger partial charge in [-0.15, -0.1) is 0 Å². The summed E-state index contributed by atoms with van der Waals surface area (Å²) in [6, 6.07) is 4.89. The van der Waals surface area contributed by atoms with Gasteiger partial charge in [0.2, 0.25) is 10.0 Å². The second-order valence-corrected chi connectivity index (χ2v) is 7.99. The molecule has 1 aromatic carbocycles. The van der Waals surface area contributed by atoms with Gasteiger partial charge in [0.05, 0.1) is 16.8 Å². The largest absolute Gasteiger partial charge is 0.322 e. The minimum absolute atomic E-state index is 0.260. The van der Waals surface area contributed by atoms with E-state index < -0.39 is 10.0 Å². The van der Waals surface area contributed by atoms with E-state index in [1.54, 1.807) is 23.2 Å². The van der Waals surface area contributed by atoms with E-state index in [0.29, 0.717) is 23.7 Å². The van der Waals surface area contributed by atoms with Crippen LogP contribution in [0, 0.1) is 13.8 Å². The number of amides is 2. The highest BCUT2D eigenvalue weighted by molar-refractivity contribution is 7.89. The second-order valence-electron chi connectivity index (χ2n) is 6.05. The van der Waals surface area contributed by atoms with Crippen LogP contribution in [0.5, 0.6) is 0 Å². The lowest BCUT2D eigenvalue weighted by Gasteiger charge is -2.33. The molecule has 9 heteroatoms. The van der Waals surface area contributed by atoms with Crippen LogP contribution in [0.15, 0.2) is 35.5 Å². The number of nitrogens with zero attached hydrogens (tertiary/aromatic N) is 3. The Balaban J connectivity index is 1.64. The molecule has 1 aromatic heterocycles. The number of piperazine rings is 1. The maximum atomic E-state index is 12.8. The minimum atomic E-state index is -3.54. The van der Waals surface area contributed by atoms with Gasteiger partial charge >= 0.3 is 6.03 Å². The standard InChI is InChI=1S/C16H21N5O3S/c1-12-3-4-15(9-13(12)2)25(23,24)21-7-5-20(6-8-21)16(22)19-14-10-17-18-11-14/h3-4,9-11H,5-8H2,1-2H3,(H,17,18)(H,19,22). The fourth-order valence-electron chi connectivity index (χ4n) is 2.68. The number of carbonyl (C=O) groups excluding carboxylic acids is 1. The number of carbonyl (C=O) groups is 1. The maximum Gasteiger partial charge on any atom is 0.322 e. The topological polar surface area (TPSA) is 98.4 Å². The second kappa shape index (κ2) is 6.85. The molecule has 134 valence electrons. The molecule has 1 aliphatic rings. The minimum Gasteiger partial charge on any atom is -0.322 e. The van der Waals surface area contributed by atoms with E-state index in [1.807, 2.05) is 19.9 Å². The van der Waals surface area contributed by atoms with Crippen LogP contribution in [0.4, 0.5) is 10.5 Å². The first kappa shape index (κ1) is 17.4. The predicted octanol–water partition coefficient (Wildman–Crippen LogP) is 1.56. The van der Waals surface area contributed by atoms with Gasteiger partial charge in [0.15, 0.2) is 0 Å². The summed E-state index contributed by atoms with van der Waals surface area (Å²) in [4.78, 5) is 14.1. The van der Waals surface area contributed by atoms with Crippen LogP contribution in [-0.2, 0) is 10.0 Å². The number of rotatable bonds is 3. The van der Waals surface area contributed by atoms with E-state index >= 15 is 0 Å². The Labute approximate surface area is 146 Å². The molecule has 8 nitrogen and oxygen atoms in total. The molecule has 0 radical (unpaired) electrons. The van der Waals surface area contributed by atoms with Crippen LogP contribution in [0.1, 0.15) is 11.1 Å². The number of aromatic amines is 1. The first-order valence-corrected chi connectivity index (χ1v) is 9.44. The molecule has 0 spiro atoms. The average molecular weight is 363 g/mol. The van der Waals surface area contributed by atoms with Crippen LogP contribution in [0.2, 0.25) is 0 Å². The van der Waals surface area contributed by atoms with Gasteiger partial charge in [0.1, 0.15) is 0 Å². The molecular formula is C16H21N5O3S. The molecule has 0 bridgehead atoms. The van der Waals surface area contributed by atoms with E-state index in [4.69, 9.17) is 0 Å². The fraction of sp³-hybridized carbons (Fsp3) is 0.375. The maximum absolute atomic E-state index is 12.8. The molecule has 25 heavy (non-hydrogen) atoms. The van der Waals surface area contributed by atoms with Crippen LogP contribution in [0.25, 0.3) is 0 Å². The summed E-state index contributed by atoms with van der Waals surface area (Å²) in [5, 5.41) is 9.10. The van der Waals surface area contributed by atoms with Crippen molar-refractivity contribution in [2.75, 3.05) is 31.5 Å². The Bertz CT molecular complexity index is 856. The van der Waals surface area contributed by atoms with E-state index in [0.717, 1.165) is 11.1 Å². The van der Waals surface area contributed by atoms with Crippen molar-refractivity contribution in [1.29, 1.82) is 0 Å². The molecule has 1 aliphatic heterocycles. The van der Waals surface area contributed by atoms with Crippen LogP contribution < -0.4 is 5.32 Å². The zero-order valence-corrected chi connectivity index (χ0v) is 15.0. The monoisotopic (exact) mass is 363 g/mol. The third-order valence-corrected chi connectivity index (χ3v) is 6.29. The van der Waals surface area contributed by atoms with Crippen molar-refractivity contribution >= 4 is 21.7 Å². The highest BCUT2D eigenvalue weighted by Gasteiger charge is 2.30. The fourth-order valence-corrected chi connectivity index (χ4v) is 4.18. The normalized spacial score (nSPS) is 16.0. The molecule has 0 atom stereocenters. The SMILES string of the molecule is Cc1ccc(S(=O)(=O)N2CCN(C(=O)Nc3cn[nH]c3)CC2)cc1C. The Morgan fingerprint density at radius 1 is 1.16 bits per heavy atom. The quantitative estimate of drug-likeness (QED) is 0.865. The molecule has 3 rings (SSSR count). The highest BCUT2D eigenvalue weighted by atomic mass is 32.2. The number of aryl methyl sites for hydroxylation is 2. The third kappa shape index (κ3) is 3.67. The number of aromatic nitrogens is 2. The summed E-state index contributed by atoms with van der Waals surface area (Å²) < 4.78 is 27.0. The van der Waals surface area contributed by atoms with Gasteiger partial charge in [-0.05, 0) is 37.1 Å². The van der Waals surface area contributed by atoms with Gasteiger partial charge in [0, 0.05) is 32.4 Å². The number of urea groups is 1. The zero-order chi connectivity index (χ0) is 18.0. The van der Waals surface area contributed by atoms with Crippen LogP contribution >= 0.6 is 0 Å². The van der Waals surface area contributed by atoms with Gasteiger partial charge in [-0.3, -0.25) is 5.10 Å².